The topological polar surface area (TPSA) is 32.5 Å². The maximum atomic E-state index is 5.52. The first-order valence-electron chi connectivity index (χ1n) is 7.37. The van der Waals surface area contributed by atoms with Crippen LogP contribution in [0.3, 0.4) is 0 Å². The van der Waals surface area contributed by atoms with Crippen molar-refractivity contribution in [1.29, 1.82) is 0 Å². The van der Waals surface area contributed by atoms with Crippen molar-refractivity contribution in [3.63, 3.8) is 0 Å². The van der Waals surface area contributed by atoms with Gasteiger partial charge in [0.1, 0.15) is 0 Å². The van der Waals surface area contributed by atoms with Crippen LogP contribution in [0.25, 0.3) is 0 Å². The fourth-order valence-electron chi connectivity index (χ4n) is 2.60. The molecule has 0 aromatic heterocycles. The number of hydrogen-bond donors (Lipinski definition) is 1. The van der Waals surface area contributed by atoms with Gasteiger partial charge in [-0.3, -0.25) is 0 Å². The summed E-state index contributed by atoms with van der Waals surface area (Å²) >= 11 is 0. The van der Waals surface area contributed by atoms with Crippen LogP contribution in [0.1, 0.15) is 39.5 Å². The Morgan fingerprint density at radius 1 is 0.941 bits per heavy atom. The maximum absolute atomic E-state index is 5.52. The van der Waals surface area contributed by atoms with Crippen molar-refractivity contribution in [1.82, 2.24) is 9.80 Å². The molecule has 1 fully saturated rings. The van der Waals surface area contributed by atoms with E-state index in [0.717, 1.165) is 12.5 Å². The Labute approximate surface area is 107 Å². The molecule has 102 valence electrons. The van der Waals surface area contributed by atoms with E-state index in [2.05, 4.69) is 23.6 Å². The van der Waals surface area contributed by atoms with Gasteiger partial charge in [0.25, 0.3) is 0 Å². The lowest BCUT2D eigenvalue weighted by Crippen LogP contribution is -2.33. The van der Waals surface area contributed by atoms with Crippen molar-refractivity contribution < 1.29 is 0 Å². The SMILES string of the molecule is CC(C)CN1CCCN(CCCCCN)CC1. The van der Waals surface area contributed by atoms with E-state index in [0.29, 0.717) is 0 Å². The molecular formula is C14H31N3. The summed E-state index contributed by atoms with van der Waals surface area (Å²) in [4.78, 5) is 5.27. The van der Waals surface area contributed by atoms with Gasteiger partial charge in [-0.2, -0.15) is 0 Å². The van der Waals surface area contributed by atoms with Crippen molar-refractivity contribution in [2.24, 2.45) is 11.7 Å². The quantitative estimate of drug-likeness (QED) is 0.690. The Morgan fingerprint density at radius 2 is 1.65 bits per heavy atom. The second-order valence-corrected chi connectivity index (χ2v) is 5.74. The van der Waals surface area contributed by atoms with E-state index >= 15 is 0 Å². The minimum atomic E-state index is 0.797. The first-order valence-corrected chi connectivity index (χ1v) is 7.37. The van der Waals surface area contributed by atoms with Gasteiger partial charge in [-0.25, -0.2) is 0 Å². The van der Waals surface area contributed by atoms with Gasteiger partial charge in [-0.05, 0) is 51.4 Å². The Balaban J connectivity index is 2.14. The van der Waals surface area contributed by atoms with E-state index in [-0.39, 0.29) is 0 Å². The van der Waals surface area contributed by atoms with E-state index in [1.807, 2.05) is 0 Å². The highest BCUT2D eigenvalue weighted by molar-refractivity contribution is 4.70. The molecule has 0 radical (unpaired) electrons. The molecule has 0 spiro atoms. The molecule has 1 saturated heterocycles. The molecule has 1 heterocycles. The normalized spacial score (nSPS) is 19.8. The summed E-state index contributed by atoms with van der Waals surface area (Å²) in [5.74, 6) is 0.797. The predicted octanol–water partition coefficient (Wildman–Crippen LogP) is 1.78. The monoisotopic (exact) mass is 241 g/mol. The third kappa shape index (κ3) is 7.02. The zero-order valence-corrected chi connectivity index (χ0v) is 11.8. The Morgan fingerprint density at radius 3 is 2.35 bits per heavy atom. The second-order valence-electron chi connectivity index (χ2n) is 5.74. The van der Waals surface area contributed by atoms with Gasteiger partial charge < -0.3 is 15.5 Å². The van der Waals surface area contributed by atoms with Crippen LogP contribution in [0.5, 0.6) is 0 Å². The smallest absolute Gasteiger partial charge is 0.0109 e. The number of rotatable bonds is 7. The largest absolute Gasteiger partial charge is 0.330 e. The first kappa shape index (κ1) is 14.9. The summed E-state index contributed by atoms with van der Waals surface area (Å²) in [6.45, 7) is 13.1. The van der Waals surface area contributed by atoms with Crippen molar-refractivity contribution in [2.75, 3.05) is 45.8 Å². The molecule has 0 amide bonds. The van der Waals surface area contributed by atoms with Crippen LogP contribution in [0.2, 0.25) is 0 Å². The standard InChI is InChI=1S/C14H31N3/c1-14(2)13-17-10-6-9-16(11-12-17)8-5-3-4-7-15/h14H,3-13,15H2,1-2H3. The average molecular weight is 241 g/mol. The third-order valence-electron chi connectivity index (χ3n) is 3.48. The molecule has 1 aliphatic rings. The van der Waals surface area contributed by atoms with E-state index in [1.165, 1.54) is 65.0 Å². The molecule has 0 unspecified atom stereocenters. The van der Waals surface area contributed by atoms with Crippen LogP contribution < -0.4 is 5.73 Å². The lowest BCUT2D eigenvalue weighted by atomic mass is 10.2. The molecular weight excluding hydrogens is 210 g/mol. The van der Waals surface area contributed by atoms with Crippen LogP contribution in [-0.2, 0) is 0 Å². The molecule has 0 aliphatic carbocycles. The second kappa shape index (κ2) is 8.90. The van der Waals surface area contributed by atoms with Crippen LogP contribution in [0.4, 0.5) is 0 Å². The molecule has 0 bridgehead atoms. The molecule has 3 heteroatoms. The summed E-state index contributed by atoms with van der Waals surface area (Å²) in [5, 5.41) is 0. The third-order valence-corrected chi connectivity index (χ3v) is 3.48. The van der Waals surface area contributed by atoms with Gasteiger partial charge in [0, 0.05) is 19.6 Å². The van der Waals surface area contributed by atoms with Crippen molar-refractivity contribution >= 4 is 0 Å². The minimum absolute atomic E-state index is 0.797. The van der Waals surface area contributed by atoms with Crippen molar-refractivity contribution in [2.45, 2.75) is 39.5 Å². The molecule has 1 aliphatic heterocycles. The van der Waals surface area contributed by atoms with Gasteiger partial charge in [0.15, 0.2) is 0 Å². The molecule has 0 saturated carbocycles. The van der Waals surface area contributed by atoms with E-state index in [1.54, 1.807) is 0 Å². The fourth-order valence-corrected chi connectivity index (χ4v) is 2.60. The lowest BCUT2D eigenvalue weighted by Gasteiger charge is -2.23. The molecule has 2 N–H and O–H groups in total. The number of unbranched alkanes of at least 4 members (excludes halogenated alkanes) is 2. The average Bonchev–Trinajstić information content (AvgIpc) is 2.50. The highest BCUT2D eigenvalue weighted by Crippen LogP contribution is 2.07. The molecule has 0 aromatic carbocycles. The van der Waals surface area contributed by atoms with Crippen LogP contribution in [0, 0.1) is 5.92 Å². The van der Waals surface area contributed by atoms with Gasteiger partial charge >= 0.3 is 0 Å². The highest BCUT2D eigenvalue weighted by Gasteiger charge is 2.14. The van der Waals surface area contributed by atoms with Crippen molar-refractivity contribution in [3.05, 3.63) is 0 Å². The van der Waals surface area contributed by atoms with E-state index in [4.69, 9.17) is 5.73 Å². The number of nitrogens with two attached hydrogens (primary N) is 1. The number of nitrogens with zero attached hydrogens (tertiary/aromatic N) is 2. The van der Waals surface area contributed by atoms with Gasteiger partial charge in [0.05, 0.1) is 0 Å². The van der Waals surface area contributed by atoms with Crippen LogP contribution >= 0.6 is 0 Å². The summed E-state index contributed by atoms with van der Waals surface area (Å²) in [6, 6.07) is 0. The van der Waals surface area contributed by atoms with Crippen LogP contribution in [0.15, 0.2) is 0 Å². The van der Waals surface area contributed by atoms with Crippen LogP contribution in [-0.4, -0.2) is 55.6 Å². The molecule has 17 heavy (non-hydrogen) atoms. The highest BCUT2D eigenvalue weighted by atomic mass is 15.2. The molecule has 1 rings (SSSR count). The Bertz CT molecular complexity index is 182. The maximum Gasteiger partial charge on any atom is 0.0109 e. The Hall–Kier alpha value is -0.120. The predicted molar refractivity (Wildman–Crippen MR) is 75.2 cm³/mol. The summed E-state index contributed by atoms with van der Waals surface area (Å²) < 4.78 is 0. The molecule has 0 atom stereocenters. The van der Waals surface area contributed by atoms with Crippen molar-refractivity contribution in [3.8, 4) is 0 Å². The summed E-state index contributed by atoms with van der Waals surface area (Å²) in [5.41, 5.74) is 5.52. The van der Waals surface area contributed by atoms with E-state index < -0.39 is 0 Å². The zero-order valence-electron chi connectivity index (χ0n) is 11.8. The summed E-state index contributed by atoms with van der Waals surface area (Å²) in [7, 11) is 0. The van der Waals surface area contributed by atoms with Gasteiger partial charge in [-0.1, -0.05) is 20.3 Å². The first-order chi connectivity index (χ1) is 8.22. The van der Waals surface area contributed by atoms with E-state index in [9.17, 15) is 0 Å². The summed E-state index contributed by atoms with van der Waals surface area (Å²) in [6.07, 6.45) is 5.14. The Kier molecular flexibility index (Phi) is 7.82. The van der Waals surface area contributed by atoms with Gasteiger partial charge in [-0.15, -0.1) is 0 Å². The fraction of sp³-hybridized carbons (Fsp3) is 1.00. The zero-order chi connectivity index (χ0) is 12.5. The minimum Gasteiger partial charge on any atom is -0.330 e. The molecule has 3 nitrogen and oxygen atoms in total. The lowest BCUT2D eigenvalue weighted by molar-refractivity contribution is 0.236. The van der Waals surface area contributed by atoms with Gasteiger partial charge in [0.2, 0.25) is 0 Å². The molecule has 0 aromatic rings. The number of hydrogen-bond acceptors (Lipinski definition) is 3.